The lowest BCUT2D eigenvalue weighted by Crippen LogP contribution is -1.82. The molecule has 2 aromatic carbocycles. The summed E-state index contributed by atoms with van der Waals surface area (Å²) in [6, 6.07) is 15.1. The Hall–Kier alpha value is -2.80. The van der Waals surface area contributed by atoms with Crippen molar-refractivity contribution in [1.29, 1.82) is 0 Å². The molecule has 2 heterocycles. The Kier molecular flexibility index (Phi) is 3.92. The lowest BCUT2D eigenvalue weighted by molar-refractivity contribution is 0.414. The number of hydrogen-bond donors (Lipinski definition) is 0. The van der Waals surface area contributed by atoms with Gasteiger partial charge in [0.05, 0.1) is 12.9 Å². The Morgan fingerprint density at radius 3 is 2.62 bits per heavy atom. The minimum absolute atomic E-state index is 0.470. The molecule has 4 rings (SSSR count). The number of hydrogen-bond acceptors (Lipinski definition) is 7. The summed E-state index contributed by atoms with van der Waals surface area (Å²) in [4.78, 5) is 4.42. The monoisotopic (exact) mass is 339 g/mol. The van der Waals surface area contributed by atoms with Gasteiger partial charge in [-0.15, -0.1) is 10.2 Å². The molecule has 0 N–H and O–H groups in total. The lowest BCUT2D eigenvalue weighted by Gasteiger charge is -1.99. The second kappa shape index (κ2) is 6.37. The number of oxazole rings is 1. The molecule has 4 aromatic rings. The summed E-state index contributed by atoms with van der Waals surface area (Å²) < 4.78 is 16.5. The molecule has 7 heteroatoms. The molecule has 0 aliphatic heterocycles. The van der Waals surface area contributed by atoms with Crippen LogP contribution in [0.3, 0.4) is 0 Å². The normalized spacial score (nSPS) is 11.0. The van der Waals surface area contributed by atoms with Crippen molar-refractivity contribution in [3.8, 4) is 17.2 Å². The topological polar surface area (TPSA) is 74.2 Å². The van der Waals surface area contributed by atoms with Crippen LogP contribution >= 0.6 is 11.8 Å². The Bertz CT molecular complexity index is 930. The van der Waals surface area contributed by atoms with Gasteiger partial charge in [-0.25, -0.2) is 4.98 Å². The van der Waals surface area contributed by atoms with E-state index in [1.165, 1.54) is 11.8 Å². The highest BCUT2D eigenvalue weighted by atomic mass is 32.2. The van der Waals surface area contributed by atoms with E-state index in [-0.39, 0.29) is 0 Å². The Morgan fingerprint density at radius 1 is 1.00 bits per heavy atom. The summed E-state index contributed by atoms with van der Waals surface area (Å²) in [6.07, 6.45) is 0. The first-order chi connectivity index (χ1) is 11.8. The maximum absolute atomic E-state index is 5.67. The van der Waals surface area contributed by atoms with Crippen molar-refractivity contribution >= 4 is 22.9 Å². The van der Waals surface area contributed by atoms with Crippen molar-refractivity contribution in [2.45, 2.75) is 11.0 Å². The predicted molar refractivity (Wildman–Crippen MR) is 89.9 cm³/mol. The fourth-order valence-corrected chi connectivity index (χ4v) is 2.83. The summed E-state index contributed by atoms with van der Waals surface area (Å²) >= 11 is 1.39. The molecule has 0 aliphatic carbocycles. The fraction of sp³-hybridized carbons (Fsp3) is 0.118. The molecule has 0 amide bonds. The maximum atomic E-state index is 5.67. The molecule has 24 heavy (non-hydrogen) atoms. The van der Waals surface area contributed by atoms with Gasteiger partial charge in [0.2, 0.25) is 11.8 Å². The number of benzene rings is 2. The zero-order chi connectivity index (χ0) is 16.4. The van der Waals surface area contributed by atoms with Crippen molar-refractivity contribution < 1.29 is 13.6 Å². The van der Waals surface area contributed by atoms with E-state index >= 15 is 0 Å². The second-order valence-electron chi connectivity index (χ2n) is 4.97. The minimum Gasteiger partial charge on any atom is -0.497 e. The molecule has 0 atom stereocenters. The molecule has 2 aromatic heterocycles. The summed E-state index contributed by atoms with van der Waals surface area (Å²) in [5.41, 5.74) is 2.46. The first kappa shape index (κ1) is 14.8. The van der Waals surface area contributed by atoms with Crippen molar-refractivity contribution in [2.75, 3.05) is 7.11 Å². The van der Waals surface area contributed by atoms with E-state index < -0.39 is 0 Å². The van der Waals surface area contributed by atoms with Crippen molar-refractivity contribution in [1.82, 2.24) is 15.2 Å². The summed E-state index contributed by atoms with van der Waals surface area (Å²) in [6.45, 7) is 0. The third-order valence-corrected chi connectivity index (χ3v) is 4.20. The average molecular weight is 339 g/mol. The van der Waals surface area contributed by atoms with Gasteiger partial charge in [0.1, 0.15) is 11.3 Å². The number of methoxy groups -OCH3 is 1. The van der Waals surface area contributed by atoms with Crippen molar-refractivity contribution in [3.05, 3.63) is 54.4 Å². The van der Waals surface area contributed by atoms with Crippen molar-refractivity contribution in [3.63, 3.8) is 0 Å². The number of rotatable bonds is 5. The summed E-state index contributed by atoms with van der Waals surface area (Å²) in [5, 5.41) is 8.59. The summed E-state index contributed by atoms with van der Waals surface area (Å²) in [7, 11) is 1.63. The maximum Gasteiger partial charge on any atom is 0.277 e. The minimum atomic E-state index is 0.470. The highest BCUT2D eigenvalue weighted by Gasteiger charge is 2.12. The van der Waals surface area contributed by atoms with Crippen LogP contribution < -0.4 is 4.74 Å². The molecular weight excluding hydrogens is 326 g/mol. The molecular formula is C17H13N3O3S. The smallest absolute Gasteiger partial charge is 0.277 e. The van der Waals surface area contributed by atoms with Crippen LogP contribution in [0, 0.1) is 0 Å². The molecule has 0 aliphatic rings. The number of para-hydroxylation sites is 2. The Balaban J connectivity index is 1.46. The second-order valence-corrected chi connectivity index (χ2v) is 5.89. The van der Waals surface area contributed by atoms with E-state index in [1.54, 1.807) is 7.11 Å². The van der Waals surface area contributed by atoms with Crippen LogP contribution in [-0.4, -0.2) is 22.3 Å². The van der Waals surface area contributed by atoms with Gasteiger partial charge in [0.25, 0.3) is 5.22 Å². The Labute approximate surface area is 141 Å². The van der Waals surface area contributed by atoms with Gasteiger partial charge in [-0.3, -0.25) is 0 Å². The van der Waals surface area contributed by atoms with Gasteiger partial charge in [0, 0.05) is 5.56 Å². The molecule has 6 nitrogen and oxygen atoms in total. The van der Waals surface area contributed by atoms with Crippen LogP contribution in [-0.2, 0) is 5.75 Å². The quantitative estimate of drug-likeness (QED) is 0.505. The average Bonchev–Trinajstić information content (AvgIpc) is 3.26. The van der Waals surface area contributed by atoms with Crippen LogP contribution in [0.2, 0.25) is 0 Å². The van der Waals surface area contributed by atoms with E-state index in [9.17, 15) is 0 Å². The van der Waals surface area contributed by atoms with E-state index in [4.69, 9.17) is 13.6 Å². The third-order valence-electron chi connectivity index (χ3n) is 3.40. The molecule has 0 bridgehead atoms. The first-order valence-corrected chi connectivity index (χ1v) is 8.25. The van der Waals surface area contributed by atoms with Gasteiger partial charge in [-0.1, -0.05) is 23.9 Å². The zero-order valence-corrected chi connectivity index (χ0v) is 13.6. The van der Waals surface area contributed by atoms with Crippen LogP contribution in [0.15, 0.2) is 62.6 Å². The first-order valence-electron chi connectivity index (χ1n) is 7.27. The zero-order valence-electron chi connectivity index (χ0n) is 12.8. The van der Waals surface area contributed by atoms with Crippen LogP contribution in [0.5, 0.6) is 5.75 Å². The van der Waals surface area contributed by atoms with E-state index in [0.717, 1.165) is 22.4 Å². The number of thioether (sulfide) groups is 1. The largest absolute Gasteiger partial charge is 0.497 e. The molecule has 120 valence electrons. The van der Waals surface area contributed by atoms with Gasteiger partial charge in [-0.05, 0) is 36.4 Å². The predicted octanol–water partition coefficient (Wildman–Crippen LogP) is 4.18. The molecule has 0 spiro atoms. The van der Waals surface area contributed by atoms with Crippen molar-refractivity contribution in [2.24, 2.45) is 0 Å². The van der Waals surface area contributed by atoms with Crippen LogP contribution in [0.1, 0.15) is 5.89 Å². The molecule has 0 radical (unpaired) electrons. The van der Waals surface area contributed by atoms with Crippen LogP contribution in [0.4, 0.5) is 0 Å². The number of fused-ring (bicyclic) bond motifs is 1. The van der Waals surface area contributed by atoms with Gasteiger partial charge < -0.3 is 13.6 Å². The SMILES string of the molecule is COc1ccc(-c2nnc(SCc3nc4ccccc4o3)o2)cc1. The molecule has 0 saturated carbocycles. The number of nitrogens with zero attached hydrogens (tertiary/aromatic N) is 3. The van der Waals surface area contributed by atoms with Crippen LogP contribution in [0.25, 0.3) is 22.6 Å². The number of aromatic nitrogens is 3. The molecule has 0 saturated heterocycles. The van der Waals surface area contributed by atoms with Gasteiger partial charge in [-0.2, -0.15) is 0 Å². The Morgan fingerprint density at radius 2 is 1.83 bits per heavy atom. The standard InChI is InChI=1S/C17H13N3O3S/c1-21-12-8-6-11(7-9-12)16-19-20-17(23-16)24-10-15-18-13-4-2-3-5-14(13)22-15/h2-9H,10H2,1H3. The number of ether oxygens (including phenoxy) is 1. The van der Waals surface area contributed by atoms with Gasteiger partial charge in [0.15, 0.2) is 5.58 Å². The highest BCUT2D eigenvalue weighted by Crippen LogP contribution is 2.27. The van der Waals surface area contributed by atoms with E-state index in [0.29, 0.717) is 22.8 Å². The molecule has 0 fully saturated rings. The lowest BCUT2D eigenvalue weighted by atomic mass is 10.2. The summed E-state index contributed by atoms with van der Waals surface area (Å²) in [5.74, 6) is 2.41. The fourth-order valence-electron chi connectivity index (χ4n) is 2.22. The molecule has 0 unspecified atom stereocenters. The highest BCUT2D eigenvalue weighted by molar-refractivity contribution is 7.98. The van der Waals surface area contributed by atoms with Gasteiger partial charge >= 0.3 is 0 Å². The van der Waals surface area contributed by atoms with E-state index in [2.05, 4.69) is 15.2 Å². The third kappa shape index (κ3) is 2.98. The van der Waals surface area contributed by atoms with E-state index in [1.807, 2.05) is 48.5 Å².